The van der Waals surface area contributed by atoms with Gasteiger partial charge in [-0.15, -0.1) is 0 Å². The molecule has 0 aromatic rings. The maximum absolute atomic E-state index is 5.48. The minimum absolute atomic E-state index is 0. The van der Waals surface area contributed by atoms with Crippen LogP contribution in [0.5, 0.6) is 0 Å². The van der Waals surface area contributed by atoms with Crippen LogP contribution in [0.4, 0.5) is 0 Å². The molecule has 0 saturated carbocycles. The van der Waals surface area contributed by atoms with E-state index in [4.69, 9.17) is 14.5 Å². The van der Waals surface area contributed by atoms with E-state index in [9.17, 15) is 0 Å². The van der Waals surface area contributed by atoms with E-state index in [0.29, 0.717) is 25.0 Å². The van der Waals surface area contributed by atoms with Crippen LogP contribution in [0.25, 0.3) is 0 Å². The lowest BCUT2D eigenvalue weighted by atomic mass is 10.1. The summed E-state index contributed by atoms with van der Waals surface area (Å²) in [6, 6.07) is 0. The van der Waals surface area contributed by atoms with Gasteiger partial charge in [-0.1, -0.05) is 94.5 Å². The molecule has 0 aliphatic rings. The topological polar surface area (TPSA) is 27.7 Å². The Morgan fingerprint density at radius 1 is 0.560 bits per heavy atom. The van der Waals surface area contributed by atoms with Crippen molar-refractivity contribution < 1.29 is 14.5 Å². The lowest BCUT2D eigenvalue weighted by Crippen LogP contribution is -2.17. The van der Waals surface area contributed by atoms with Crippen molar-refractivity contribution in [2.45, 2.75) is 120 Å². The minimum Gasteiger partial charge on any atom is -0.379 e. The Balaban J connectivity index is -0.0000000312. The average molecular weight is 377 g/mol. The summed E-state index contributed by atoms with van der Waals surface area (Å²) in [5.74, 6) is 1.35. The molecule has 170 valence electrons. The molecule has 25 heavy (non-hydrogen) atoms. The minimum atomic E-state index is 0. The van der Waals surface area contributed by atoms with Gasteiger partial charge in [0.25, 0.3) is 0 Å². The molecule has 0 amide bonds. The molecule has 0 N–H and O–H groups in total. The van der Waals surface area contributed by atoms with E-state index in [1.807, 2.05) is 6.92 Å². The summed E-state index contributed by atoms with van der Waals surface area (Å²) in [6.45, 7) is 12.8. The van der Waals surface area contributed by atoms with Crippen molar-refractivity contribution in [2.24, 2.45) is 11.8 Å². The Hall–Kier alpha value is -0.120. The maximum Gasteiger partial charge on any atom is 0.113 e. The van der Waals surface area contributed by atoms with E-state index in [1.165, 1.54) is 0 Å². The molecule has 0 fully saturated rings. The van der Waals surface area contributed by atoms with Gasteiger partial charge in [0.1, 0.15) is 6.10 Å². The van der Waals surface area contributed by atoms with Crippen molar-refractivity contribution in [1.82, 2.24) is 0 Å². The van der Waals surface area contributed by atoms with Gasteiger partial charge in [-0.3, -0.25) is 0 Å². The standard InChI is InChI=1S/C13H28O3.9CH4/c1-11(2)6-8-14-10-13(5)16-15-9-7-12(3)4;;;;;;;;;/h11-13H,6-10H2,1-5H3;9*1H4. The summed E-state index contributed by atoms with van der Waals surface area (Å²) >= 11 is 0. The number of hydrogen-bond donors (Lipinski definition) is 0. The van der Waals surface area contributed by atoms with Crippen molar-refractivity contribution >= 4 is 0 Å². The summed E-state index contributed by atoms with van der Waals surface area (Å²) in [5, 5.41) is 0. The second kappa shape index (κ2) is 43.9. The highest BCUT2D eigenvalue weighted by Crippen LogP contribution is 2.02. The van der Waals surface area contributed by atoms with Crippen LogP contribution in [0.15, 0.2) is 0 Å². The van der Waals surface area contributed by atoms with E-state index in [0.717, 1.165) is 19.4 Å². The molecular formula is C22H64O3. The summed E-state index contributed by atoms with van der Waals surface area (Å²) in [6.07, 6.45) is 2.14. The zero-order chi connectivity index (χ0) is 12.4. The van der Waals surface area contributed by atoms with Gasteiger partial charge in [0.15, 0.2) is 0 Å². The molecule has 0 saturated heterocycles. The van der Waals surface area contributed by atoms with Crippen LogP contribution in [0, 0.1) is 11.8 Å². The molecule has 0 aromatic heterocycles. The third kappa shape index (κ3) is 59.3. The Morgan fingerprint density at radius 3 is 1.28 bits per heavy atom. The molecule has 3 heteroatoms. The molecule has 1 atom stereocenters. The average Bonchev–Trinajstić information content (AvgIpc) is 2.19. The summed E-state index contributed by atoms with van der Waals surface area (Å²) in [4.78, 5) is 10.3. The number of hydrogen-bond acceptors (Lipinski definition) is 3. The van der Waals surface area contributed by atoms with Gasteiger partial charge in [0.05, 0.1) is 13.2 Å². The van der Waals surface area contributed by atoms with E-state index < -0.39 is 0 Å². The van der Waals surface area contributed by atoms with Crippen LogP contribution in [0.1, 0.15) is 114 Å². The number of ether oxygens (including phenoxy) is 1. The molecule has 0 heterocycles. The predicted octanol–water partition coefficient (Wildman–Crippen LogP) is 9.16. The number of rotatable bonds is 10. The fourth-order valence-corrected chi connectivity index (χ4v) is 1.04. The van der Waals surface area contributed by atoms with Crippen molar-refractivity contribution in [3.05, 3.63) is 0 Å². The van der Waals surface area contributed by atoms with Crippen LogP contribution < -0.4 is 0 Å². The Labute approximate surface area is 167 Å². The van der Waals surface area contributed by atoms with Crippen LogP contribution >= 0.6 is 0 Å². The maximum atomic E-state index is 5.48. The molecular weight excluding hydrogens is 312 g/mol. The molecule has 0 rings (SSSR count). The molecule has 0 bridgehead atoms. The van der Waals surface area contributed by atoms with Gasteiger partial charge in [0, 0.05) is 6.61 Å². The lowest BCUT2D eigenvalue weighted by molar-refractivity contribution is -0.327. The molecule has 0 aromatic carbocycles. The largest absolute Gasteiger partial charge is 0.379 e. The second-order valence-electron chi connectivity index (χ2n) is 5.17. The van der Waals surface area contributed by atoms with E-state index >= 15 is 0 Å². The SMILES string of the molecule is C.C.C.C.C.C.C.C.C.CC(C)CCOCC(C)OOCCC(C)C. The monoisotopic (exact) mass is 376 g/mol. The highest BCUT2D eigenvalue weighted by molar-refractivity contribution is 4.47. The Morgan fingerprint density at radius 2 is 0.920 bits per heavy atom. The van der Waals surface area contributed by atoms with Crippen molar-refractivity contribution in [3.63, 3.8) is 0 Å². The van der Waals surface area contributed by atoms with Crippen molar-refractivity contribution in [1.29, 1.82) is 0 Å². The Bertz CT molecular complexity index is 132. The fourth-order valence-electron chi connectivity index (χ4n) is 1.04. The summed E-state index contributed by atoms with van der Waals surface area (Å²) < 4.78 is 5.48. The van der Waals surface area contributed by atoms with Gasteiger partial charge < -0.3 is 4.74 Å². The first-order valence-corrected chi connectivity index (χ1v) is 6.38. The molecule has 1 unspecified atom stereocenters. The molecule has 0 spiro atoms. The molecule has 0 radical (unpaired) electrons. The van der Waals surface area contributed by atoms with Crippen molar-refractivity contribution in [2.75, 3.05) is 19.8 Å². The first-order valence-electron chi connectivity index (χ1n) is 6.38. The first kappa shape index (κ1) is 64.1. The third-order valence-corrected chi connectivity index (χ3v) is 2.20. The predicted molar refractivity (Wildman–Crippen MR) is 127 cm³/mol. The van der Waals surface area contributed by atoms with Crippen LogP contribution in [-0.2, 0) is 14.5 Å². The lowest BCUT2D eigenvalue weighted by Gasteiger charge is -2.13. The first-order chi connectivity index (χ1) is 7.52. The highest BCUT2D eigenvalue weighted by atomic mass is 17.2. The zero-order valence-electron chi connectivity index (χ0n) is 11.5. The van der Waals surface area contributed by atoms with E-state index in [-0.39, 0.29) is 72.9 Å². The highest BCUT2D eigenvalue weighted by Gasteiger charge is 2.04. The Kier molecular flexibility index (Phi) is 112. The fraction of sp³-hybridized carbons (Fsp3) is 1.00. The molecule has 0 aliphatic heterocycles. The van der Waals surface area contributed by atoms with Crippen LogP contribution in [0.2, 0.25) is 0 Å². The van der Waals surface area contributed by atoms with Gasteiger partial charge in [-0.25, -0.2) is 9.78 Å². The zero-order valence-corrected chi connectivity index (χ0v) is 11.5. The van der Waals surface area contributed by atoms with Gasteiger partial charge >= 0.3 is 0 Å². The second-order valence-corrected chi connectivity index (χ2v) is 5.17. The quantitative estimate of drug-likeness (QED) is 0.216. The summed E-state index contributed by atoms with van der Waals surface area (Å²) in [7, 11) is 0. The molecule has 0 aliphatic carbocycles. The smallest absolute Gasteiger partial charge is 0.113 e. The van der Waals surface area contributed by atoms with Gasteiger partial charge in [0.2, 0.25) is 0 Å². The van der Waals surface area contributed by atoms with Gasteiger partial charge in [-0.05, 0) is 31.6 Å². The van der Waals surface area contributed by atoms with Crippen molar-refractivity contribution in [3.8, 4) is 0 Å². The third-order valence-electron chi connectivity index (χ3n) is 2.20. The molecule has 3 nitrogen and oxygen atoms in total. The normalized spacial score (nSPS) is 8.76. The summed E-state index contributed by atoms with van der Waals surface area (Å²) in [5.41, 5.74) is 0. The van der Waals surface area contributed by atoms with Crippen LogP contribution in [0.3, 0.4) is 0 Å². The van der Waals surface area contributed by atoms with Gasteiger partial charge in [-0.2, -0.15) is 0 Å². The van der Waals surface area contributed by atoms with Crippen LogP contribution in [-0.4, -0.2) is 25.9 Å². The van der Waals surface area contributed by atoms with E-state index in [1.54, 1.807) is 0 Å². The van der Waals surface area contributed by atoms with E-state index in [2.05, 4.69) is 27.7 Å².